The molecule has 29 nitrogen and oxygen atoms in total. The van der Waals surface area contributed by atoms with Crippen molar-refractivity contribution in [2.45, 2.75) is 213 Å². The van der Waals surface area contributed by atoms with Crippen molar-refractivity contribution in [3.63, 3.8) is 0 Å². The van der Waals surface area contributed by atoms with Crippen LogP contribution in [0.3, 0.4) is 0 Å². The number of esters is 3. The van der Waals surface area contributed by atoms with Crippen LogP contribution in [-0.4, -0.2) is 174 Å². The van der Waals surface area contributed by atoms with Gasteiger partial charge in [-0.1, -0.05) is 103 Å². The molecule has 124 heavy (non-hydrogen) atoms. The van der Waals surface area contributed by atoms with Crippen molar-refractivity contribution in [3.8, 4) is 40.0 Å². The van der Waals surface area contributed by atoms with Crippen LogP contribution in [0, 0.1) is 69.0 Å². The zero-order valence-corrected chi connectivity index (χ0v) is 75.9. The maximum Gasteiger partial charge on any atom is 0.312 e. The van der Waals surface area contributed by atoms with E-state index in [1.165, 1.54) is 62.2 Å². The molecule has 6 aliphatic carbocycles. The van der Waals surface area contributed by atoms with E-state index in [1.807, 2.05) is 69.2 Å². The van der Waals surface area contributed by atoms with Crippen LogP contribution in [0.5, 0.6) is 17.2 Å². The number of fused-ring (bicyclic) bond motifs is 4. The van der Waals surface area contributed by atoms with Gasteiger partial charge in [0.25, 0.3) is 10.1 Å². The number of carboxylic acid groups (broad SMARTS) is 1. The minimum atomic E-state index is -4.23. The lowest BCUT2D eigenvalue weighted by molar-refractivity contribution is -0.157. The molecule has 4 aromatic heterocycles. The third-order valence-corrected chi connectivity index (χ3v) is 28.0. The number of hydrogen-bond acceptors (Lipinski definition) is 25. The number of methoxy groups -OCH3 is 3. The number of H-pyrrole nitrogens is 1. The number of carbonyl (C=O) groups is 8. The number of allylic oxidation sites excluding steroid dienone is 2. The molecular weight excluding hydrogens is 1720 g/mol. The average Bonchev–Trinajstić information content (AvgIpc) is 1.57. The number of aromatic amines is 1. The van der Waals surface area contributed by atoms with Crippen LogP contribution in [0.4, 0.5) is 11.8 Å². The van der Waals surface area contributed by atoms with Crippen LogP contribution in [-0.2, 0) is 66.9 Å². The first-order valence-corrected chi connectivity index (χ1v) is 45.1. The largest absolute Gasteiger partial charge is 0.495 e. The number of pyridine rings is 2. The van der Waals surface area contributed by atoms with Crippen molar-refractivity contribution in [1.82, 2.24) is 30.1 Å². The number of rotatable bonds is 31. The van der Waals surface area contributed by atoms with Crippen LogP contribution in [0.1, 0.15) is 159 Å². The Labute approximate surface area is 738 Å². The van der Waals surface area contributed by atoms with E-state index in [9.17, 15) is 56.7 Å². The summed E-state index contributed by atoms with van der Waals surface area (Å²) in [5.41, 5.74) is -1.07. The van der Waals surface area contributed by atoms with Crippen LogP contribution in [0.15, 0.2) is 121 Å². The molecule has 4 unspecified atom stereocenters. The van der Waals surface area contributed by atoms with E-state index in [4.69, 9.17) is 69.8 Å². The molecule has 8 fully saturated rings. The molecule has 3 aromatic carbocycles. The molecule has 2 saturated heterocycles. The second-order valence-corrected chi connectivity index (χ2v) is 40.3. The summed E-state index contributed by atoms with van der Waals surface area (Å²) >= 11 is 16.4. The number of aliphatic carboxylic acids is 1. The number of hydrogen-bond donors (Lipinski definition) is 4. The van der Waals surface area contributed by atoms with Gasteiger partial charge in [-0.25, -0.2) is 4.98 Å². The van der Waals surface area contributed by atoms with Crippen molar-refractivity contribution in [1.29, 1.82) is 0 Å². The maximum atomic E-state index is 14.7. The summed E-state index contributed by atoms with van der Waals surface area (Å²) in [5, 5.41) is 26.3. The fraction of sp³-hybridized carbons (Fsp3) is 0.538. The van der Waals surface area contributed by atoms with Gasteiger partial charge in [0.2, 0.25) is 23.6 Å². The molecule has 6 heterocycles. The second-order valence-electron chi connectivity index (χ2n) is 37.0. The fourth-order valence-corrected chi connectivity index (χ4v) is 20.1. The number of anilines is 2. The number of nitrogens with one attached hydrogen (secondary N) is 3. The van der Waals surface area contributed by atoms with Gasteiger partial charge in [-0.2, -0.15) is 8.42 Å². The predicted octanol–water partition coefficient (Wildman–Crippen LogP) is 15.9. The number of aromatic nitrogens is 4. The Bertz CT molecular complexity index is 5450. The number of Topliss-reactive ketones (excluding diaryl/α,β-unsaturated/α-hetero) is 2. The number of ether oxygens (including phenoxy) is 6. The van der Waals surface area contributed by atoms with Gasteiger partial charge in [0.05, 0.1) is 109 Å². The number of halogens is 3. The van der Waals surface area contributed by atoms with E-state index in [1.54, 1.807) is 66.7 Å². The Morgan fingerprint density at radius 1 is 0.621 bits per heavy atom. The van der Waals surface area contributed by atoms with Gasteiger partial charge in [0.15, 0.2) is 17.0 Å². The van der Waals surface area contributed by atoms with Crippen molar-refractivity contribution in [2.24, 2.45) is 69.0 Å². The van der Waals surface area contributed by atoms with E-state index in [0.29, 0.717) is 120 Å². The molecular formula is C91H109BrCl2N8O21S. The predicted molar refractivity (Wildman–Crippen MR) is 466 cm³/mol. The number of amides is 2. The minimum absolute atomic E-state index is 0.0171. The molecule has 4 N–H and O–H groups in total. The molecule has 7 aromatic rings. The molecule has 2 amide bonds. The number of carbonyl (C=O) groups excluding carboxylic acids is 7. The number of ketones is 2. The highest BCUT2D eigenvalue weighted by molar-refractivity contribution is 9.10. The molecule has 6 saturated carbocycles. The topological polar surface area (TPSA) is 384 Å². The van der Waals surface area contributed by atoms with Crippen molar-refractivity contribution < 1.29 is 93.5 Å². The van der Waals surface area contributed by atoms with Gasteiger partial charge in [0.1, 0.15) is 57.0 Å². The van der Waals surface area contributed by atoms with Crippen molar-refractivity contribution in [2.75, 3.05) is 45.1 Å². The average molecular weight is 1830 g/mol. The van der Waals surface area contributed by atoms with Crippen LogP contribution in [0.2, 0.25) is 10.0 Å². The number of nitrogens with zero attached hydrogens (tertiary/aromatic N) is 5. The van der Waals surface area contributed by atoms with Crippen LogP contribution in [0.25, 0.3) is 44.6 Å². The molecule has 666 valence electrons. The lowest BCUT2D eigenvalue weighted by Gasteiger charge is -2.35. The lowest BCUT2D eigenvalue weighted by atomic mass is 9.77. The lowest BCUT2D eigenvalue weighted by Crippen LogP contribution is -2.48. The minimum Gasteiger partial charge on any atom is -0.495 e. The van der Waals surface area contributed by atoms with Gasteiger partial charge in [-0.15, -0.1) is 13.2 Å². The van der Waals surface area contributed by atoms with E-state index >= 15 is 0 Å². The van der Waals surface area contributed by atoms with Crippen LogP contribution >= 0.6 is 39.1 Å². The highest BCUT2D eigenvalue weighted by Crippen LogP contribution is 2.59. The summed E-state index contributed by atoms with van der Waals surface area (Å²) in [6.07, 6.45) is 6.97. The second kappa shape index (κ2) is 36.7. The van der Waals surface area contributed by atoms with E-state index < -0.39 is 103 Å². The number of likely N-dealkylation sites (tertiary alicyclic amines) is 2. The van der Waals surface area contributed by atoms with Gasteiger partial charge >= 0.3 is 23.9 Å². The third kappa shape index (κ3) is 20.4. The quantitative estimate of drug-likeness (QED) is 0.0136. The Balaban J connectivity index is 0.000000173. The first-order chi connectivity index (χ1) is 58.6. The molecule has 33 heteroatoms. The zero-order chi connectivity index (χ0) is 89.7. The standard InChI is InChI=1S/C42H51ClN4O9.C33H42BrNO9S.C16H16ClN3O3/c1-8-24-18-42(24,40(51)52)19-32(48)31-14-26(20-47(31)39(50)28(41(4,5)6)15-36(49)55-25-12-22-11-23(22)13-25)54-34-16-29(30-17-35(56-46-30)44-21(2)3)45-38-27(34)9-10-33(53-7)37(38)43;1-6-21-16-33(21,31(39)42-5)17-28(36)27-14-24(44-45(40,41)25-9-7-22(34)8-10-25)18-35(27)30(38)26(32(2,3)4)15-29(37)43-23-12-19-11-20(19)13-23;1-8(2)18-14-7-11(20-23-14)10-6-12(21)9-4-5-13(22-3)15(17)16(9)19-10/h8-10,16-17,21-26,28,31,44H,1,11-15,18-20H2,2-7H3,(H,51,52);6-10,19-21,23-24,26-27H,1,11-18H2,2-5H3;4-8,18H,1-3H3,(H,19,21)/t22-,23+,24-,25?,26-,28-,31?,42-;19-,20+,21-,23?,24+,26-,27?,33-;/m11./s1. The van der Waals surface area contributed by atoms with Gasteiger partial charge in [-0.3, -0.25) is 47.3 Å². The van der Waals surface area contributed by atoms with Crippen molar-refractivity contribution in [3.05, 3.63) is 123 Å². The Morgan fingerprint density at radius 3 is 1.58 bits per heavy atom. The fourth-order valence-electron chi connectivity index (χ4n) is 18.1. The SMILES string of the molecule is C=C[C@@H]1C[C@]1(CC(=O)C1C[C@@H](Oc2cc(-c3cc(NC(C)C)on3)nc3c(Cl)c(OC)ccc23)CN1C(=O)[C@@H](CC(=O)OC1C[C@@H]2C[C@@H]2C1)C(C)(C)C)C(=O)O.C=C[C@@H]1C[C@]1(CC(=O)C1C[C@H](OS(=O)(=O)c2ccc(Br)cc2)CN1C(=O)[C@@H](CC(=O)OC1C[C@@H]2C[C@@H]2C1)C(C)(C)C)C(=O)OC.COc1ccc2c(=O)cc(-c3cc(NC(C)C)on3)[nH]c2c1Cl. The normalized spacial score (nSPS) is 25.6. The Hall–Kier alpha value is -9.69. The molecule has 2 aliphatic heterocycles. The monoisotopic (exact) mass is 1830 g/mol. The molecule has 0 spiro atoms. The maximum absolute atomic E-state index is 14.7. The summed E-state index contributed by atoms with van der Waals surface area (Å²) in [6.45, 7) is 26.5. The highest BCUT2D eigenvalue weighted by Gasteiger charge is 2.63. The van der Waals surface area contributed by atoms with Crippen molar-refractivity contribution >= 4 is 130 Å². The van der Waals surface area contributed by atoms with E-state index in [-0.39, 0.29) is 115 Å². The van der Waals surface area contributed by atoms with Gasteiger partial charge in [-0.05, 0) is 174 Å². The number of benzene rings is 3. The molecule has 8 aliphatic rings. The molecule has 0 bridgehead atoms. The Kier molecular flexibility index (Phi) is 27.2. The highest BCUT2D eigenvalue weighted by atomic mass is 79.9. The summed E-state index contributed by atoms with van der Waals surface area (Å²) < 4.78 is 77.4. The number of carboxylic acids is 1. The Morgan fingerprint density at radius 2 is 1.10 bits per heavy atom. The third-order valence-electron chi connectivity index (χ3n) is 25.4. The smallest absolute Gasteiger partial charge is 0.312 e. The summed E-state index contributed by atoms with van der Waals surface area (Å²) in [4.78, 5) is 132. The summed E-state index contributed by atoms with van der Waals surface area (Å²) in [6, 6.07) is 17.7. The zero-order valence-electron chi connectivity index (χ0n) is 71.9. The molecule has 15 rings (SSSR count). The van der Waals surface area contributed by atoms with E-state index in [0.717, 1.165) is 25.7 Å². The molecule has 0 radical (unpaired) electrons. The van der Waals surface area contributed by atoms with Gasteiger partial charge < -0.3 is 68.0 Å². The summed E-state index contributed by atoms with van der Waals surface area (Å²) in [5.74, 6) is -1.56. The van der Waals surface area contributed by atoms with E-state index in [2.05, 4.69) is 55.0 Å². The molecule has 16 atom stereocenters. The first-order valence-electron chi connectivity index (χ1n) is 42.1. The van der Waals surface area contributed by atoms with Gasteiger partial charge in [0, 0.05) is 83.8 Å². The van der Waals surface area contributed by atoms with Crippen LogP contribution < -0.4 is 30.3 Å². The summed E-state index contributed by atoms with van der Waals surface area (Å²) in [7, 11) is 0.0657. The first kappa shape index (κ1) is 92.0.